The lowest BCUT2D eigenvalue weighted by molar-refractivity contribution is 0.00706. The van der Waals surface area contributed by atoms with Crippen molar-refractivity contribution in [2.75, 3.05) is 13.2 Å². The lowest BCUT2D eigenvalue weighted by atomic mass is 10.0. The number of aromatic amines is 1. The molecule has 11 nitrogen and oxygen atoms in total. The molecule has 12 heteroatoms. The molecule has 2 aliphatic heterocycles. The van der Waals surface area contributed by atoms with E-state index in [-0.39, 0.29) is 30.9 Å². The Hall–Kier alpha value is -4.03. The molecule has 0 unspecified atom stereocenters. The molecule has 2 aliphatic rings. The molecule has 4 N–H and O–H groups in total. The number of ether oxygens (including phenoxy) is 3. The van der Waals surface area contributed by atoms with E-state index in [0.717, 1.165) is 16.7 Å². The molecule has 5 heterocycles. The summed E-state index contributed by atoms with van der Waals surface area (Å²) >= 11 is 6.58. The number of aliphatic hydroxyl groups is 1. The Morgan fingerprint density at radius 1 is 1.13 bits per heavy atom. The molecular weight excluding hydrogens is 510 g/mol. The number of nitrogens with one attached hydrogen (secondary N) is 1. The minimum absolute atomic E-state index is 0.229. The van der Waals surface area contributed by atoms with Crippen molar-refractivity contribution in [3.63, 3.8) is 0 Å². The number of benzene rings is 1. The molecule has 0 radical (unpaired) electrons. The molecule has 0 spiro atoms. The molecule has 4 atom stereocenters. The van der Waals surface area contributed by atoms with Gasteiger partial charge in [0, 0.05) is 11.8 Å². The van der Waals surface area contributed by atoms with E-state index >= 15 is 0 Å². The highest BCUT2D eigenvalue weighted by Crippen LogP contribution is 2.32. The van der Waals surface area contributed by atoms with Gasteiger partial charge in [0.05, 0.1) is 35.1 Å². The molecule has 6 rings (SSSR count). The number of H-pyrrole nitrogens is 1. The summed E-state index contributed by atoms with van der Waals surface area (Å²) in [6.07, 6.45) is 6.55. The average molecular weight is 534 g/mol. The van der Waals surface area contributed by atoms with E-state index < -0.39 is 6.10 Å². The third kappa shape index (κ3) is 4.56. The largest absolute Gasteiger partial charge is 0.456 e. The third-order valence-electron chi connectivity index (χ3n) is 6.52. The van der Waals surface area contributed by atoms with Crippen molar-refractivity contribution in [2.45, 2.75) is 24.4 Å². The maximum absolute atomic E-state index is 9.94. The fourth-order valence-electron chi connectivity index (χ4n) is 4.53. The first-order valence-electron chi connectivity index (χ1n) is 11.9. The molecule has 0 bridgehead atoms. The quantitative estimate of drug-likeness (QED) is 0.305. The molecule has 0 saturated carbocycles. The Bertz CT molecular complexity index is 1530. The Kier molecular flexibility index (Phi) is 6.42. The maximum Gasteiger partial charge on any atom is 0.296 e. The monoisotopic (exact) mass is 533 g/mol. The van der Waals surface area contributed by atoms with Crippen LogP contribution in [0.5, 0.6) is 6.01 Å². The summed E-state index contributed by atoms with van der Waals surface area (Å²) in [5.74, 6) is 0. The van der Waals surface area contributed by atoms with Gasteiger partial charge in [-0.1, -0.05) is 48.5 Å². The molecule has 194 valence electrons. The normalized spacial score (nSPS) is 23.4. The zero-order valence-corrected chi connectivity index (χ0v) is 20.8. The van der Waals surface area contributed by atoms with Crippen LogP contribution in [0.15, 0.2) is 67.9 Å². The number of halogens is 1. The number of hydrogen-bond acceptors (Lipinski definition) is 9. The highest BCUT2D eigenvalue weighted by Gasteiger charge is 2.48. The van der Waals surface area contributed by atoms with E-state index in [0.29, 0.717) is 34.2 Å². The number of hydrogen-bond donors (Lipinski definition) is 3. The first kappa shape index (κ1) is 24.3. The van der Waals surface area contributed by atoms with Crippen LogP contribution in [-0.2, 0) is 9.47 Å². The van der Waals surface area contributed by atoms with Crippen molar-refractivity contribution >= 4 is 34.0 Å². The van der Waals surface area contributed by atoms with Gasteiger partial charge >= 0.3 is 0 Å². The zero-order chi connectivity index (χ0) is 26.2. The fourth-order valence-corrected chi connectivity index (χ4v) is 4.79. The summed E-state index contributed by atoms with van der Waals surface area (Å²) < 4.78 is 18.9. The second-order valence-corrected chi connectivity index (χ2v) is 9.36. The summed E-state index contributed by atoms with van der Waals surface area (Å²) in [6.45, 7) is 4.68. The lowest BCUT2D eigenvalue weighted by Gasteiger charge is -2.15. The number of imidazole rings is 1. The van der Waals surface area contributed by atoms with Crippen LogP contribution in [0, 0.1) is 0 Å². The van der Waals surface area contributed by atoms with Gasteiger partial charge in [-0.2, -0.15) is 4.98 Å². The van der Waals surface area contributed by atoms with Gasteiger partial charge in [0.2, 0.25) is 0 Å². The topological polar surface area (TPSA) is 146 Å². The Balaban J connectivity index is 1.18. The lowest BCUT2D eigenvalue weighted by Crippen LogP contribution is -2.34. The Morgan fingerprint density at radius 2 is 1.89 bits per heavy atom. The van der Waals surface area contributed by atoms with Gasteiger partial charge in [-0.05, 0) is 23.3 Å². The number of rotatable bonds is 7. The van der Waals surface area contributed by atoms with Crippen molar-refractivity contribution in [3.8, 4) is 17.3 Å². The molecule has 0 aliphatic carbocycles. The van der Waals surface area contributed by atoms with Gasteiger partial charge in [0.25, 0.3) is 6.01 Å². The number of nitrogens with two attached hydrogens (primary N) is 1. The van der Waals surface area contributed by atoms with Crippen LogP contribution in [0.3, 0.4) is 0 Å². The van der Waals surface area contributed by atoms with E-state index in [1.807, 2.05) is 36.4 Å². The number of nitrogens with zero attached hydrogens (tertiary/aromatic N) is 5. The molecular formula is C26H24ClN7O4. The minimum atomic E-state index is -0.646. The fraction of sp³-hybridized carbons (Fsp3) is 0.231. The number of pyridine rings is 1. The van der Waals surface area contributed by atoms with E-state index in [9.17, 15) is 5.11 Å². The Morgan fingerprint density at radius 3 is 2.66 bits per heavy atom. The van der Waals surface area contributed by atoms with Crippen LogP contribution >= 0.6 is 11.6 Å². The van der Waals surface area contributed by atoms with E-state index in [4.69, 9.17) is 31.5 Å². The van der Waals surface area contributed by atoms with Crippen molar-refractivity contribution in [2.24, 2.45) is 5.73 Å². The van der Waals surface area contributed by atoms with Gasteiger partial charge in [0.1, 0.15) is 31.0 Å². The second kappa shape index (κ2) is 10.0. The predicted molar refractivity (Wildman–Crippen MR) is 141 cm³/mol. The highest BCUT2D eigenvalue weighted by molar-refractivity contribution is 6.33. The van der Waals surface area contributed by atoms with Crippen LogP contribution < -0.4 is 10.5 Å². The van der Waals surface area contributed by atoms with Gasteiger partial charge < -0.3 is 30.0 Å². The van der Waals surface area contributed by atoms with Crippen molar-refractivity contribution in [1.29, 1.82) is 0 Å². The van der Waals surface area contributed by atoms with E-state index in [1.54, 1.807) is 23.3 Å². The predicted octanol–water partition coefficient (Wildman–Crippen LogP) is 2.80. The van der Waals surface area contributed by atoms with E-state index in [2.05, 4.69) is 31.7 Å². The SMILES string of the molecule is C=C(/C=C\C(=C/N)n1cnnc1)c1ccc(-c2nc3nc(O[C@@H]4CO[C@H]5[C@@H]4OC[C@H]5O)[nH]c3cc2Cl)cc1. The summed E-state index contributed by atoms with van der Waals surface area (Å²) in [4.78, 5) is 12.2. The molecule has 1 aromatic carbocycles. The van der Waals surface area contributed by atoms with Crippen LogP contribution in [0.25, 0.3) is 33.7 Å². The minimum Gasteiger partial charge on any atom is -0.456 e. The average Bonchev–Trinajstić information content (AvgIpc) is 3.72. The first-order chi connectivity index (χ1) is 18.5. The summed E-state index contributed by atoms with van der Waals surface area (Å²) in [5, 5.41) is 18.0. The van der Waals surface area contributed by atoms with Gasteiger partial charge in [-0.25, -0.2) is 4.98 Å². The van der Waals surface area contributed by atoms with Crippen molar-refractivity contribution in [3.05, 3.63) is 78.5 Å². The molecule has 0 amide bonds. The highest BCUT2D eigenvalue weighted by atomic mass is 35.5. The number of aromatic nitrogens is 6. The number of aliphatic hydroxyl groups excluding tert-OH is 1. The molecule has 38 heavy (non-hydrogen) atoms. The first-order valence-corrected chi connectivity index (χ1v) is 12.3. The van der Waals surface area contributed by atoms with Gasteiger partial charge in [0.15, 0.2) is 11.8 Å². The second-order valence-electron chi connectivity index (χ2n) is 8.95. The van der Waals surface area contributed by atoms with Crippen molar-refractivity contribution < 1.29 is 19.3 Å². The molecule has 4 aromatic rings. The molecule has 3 aromatic heterocycles. The van der Waals surface area contributed by atoms with Crippen LogP contribution in [0.1, 0.15) is 5.56 Å². The van der Waals surface area contributed by atoms with Crippen LogP contribution in [-0.4, -0.2) is 72.5 Å². The van der Waals surface area contributed by atoms with Crippen LogP contribution in [0.4, 0.5) is 0 Å². The van der Waals surface area contributed by atoms with Crippen LogP contribution in [0.2, 0.25) is 5.02 Å². The van der Waals surface area contributed by atoms with Gasteiger partial charge in [-0.15, -0.1) is 10.2 Å². The van der Waals surface area contributed by atoms with Crippen molar-refractivity contribution in [1.82, 2.24) is 29.7 Å². The summed E-state index contributed by atoms with van der Waals surface area (Å²) in [6, 6.07) is 9.80. The van der Waals surface area contributed by atoms with E-state index in [1.165, 1.54) is 6.20 Å². The van der Waals surface area contributed by atoms with Gasteiger partial charge in [-0.3, -0.25) is 4.57 Å². The maximum atomic E-state index is 9.94. The standard InChI is InChI=1S/C26H24ClN7O4/c1-14(2-7-17(9-28)34-12-29-30-13-34)15-3-5-16(6-4-15)22-18(27)8-19-25(32-22)33-26(31-19)38-21-11-37-23-20(35)10-36-24(21)23/h2-9,12-13,20-21,23-24,35H,1,10-11,28H2,(H,31,32,33)/b7-2-,17-9+/t20-,21-,23-,24-/m1/s1. The smallest absolute Gasteiger partial charge is 0.296 e. The number of fused-ring (bicyclic) bond motifs is 2. The number of allylic oxidation sites excluding steroid dienone is 4. The molecule has 2 fully saturated rings. The zero-order valence-electron chi connectivity index (χ0n) is 20.1. The summed E-state index contributed by atoms with van der Waals surface area (Å²) in [7, 11) is 0. The third-order valence-corrected chi connectivity index (χ3v) is 6.81. The Labute approximate surface area is 222 Å². The molecule has 2 saturated heterocycles. The summed E-state index contributed by atoms with van der Waals surface area (Å²) in [5.41, 5.74) is 10.7.